The number of ether oxygens (including phenoxy) is 3. The van der Waals surface area contributed by atoms with E-state index in [1.807, 2.05) is 30.4 Å². The van der Waals surface area contributed by atoms with Crippen LogP contribution in [-0.4, -0.2) is 19.4 Å². The number of hydrogen-bond donors (Lipinski definition) is 0. The third-order valence-electron chi connectivity index (χ3n) is 4.71. The molecule has 24 heavy (non-hydrogen) atoms. The fourth-order valence-corrected chi connectivity index (χ4v) is 3.22. The molecule has 4 heteroatoms. The number of esters is 1. The van der Waals surface area contributed by atoms with E-state index in [4.69, 9.17) is 14.2 Å². The molecule has 0 aromatic heterocycles. The Labute approximate surface area is 143 Å². The van der Waals surface area contributed by atoms with Crippen molar-refractivity contribution in [2.24, 2.45) is 17.3 Å². The Morgan fingerprint density at radius 2 is 2.04 bits per heavy atom. The maximum atomic E-state index is 12.3. The molecule has 1 fully saturated rings. The third-order valence-corrected chi connectivity index (χ3v) is 4.71. The van der Waals surface area contributed by atoms with E-state index in [0.717, 1.165) is 17.1 Å². The lowest BCUT2D eigenvalue weighted by Gasteiger charge is -2.03. The molecule has 128 valence electrons. The molecule has 0 saturated heterocycles. The predicted molar refractivity (Wildman–Crippen MR) is 92.8 cm³/mol. The van der Waals surface area contributed by atoms with Gasteiger partial charge in [0, 0.05) is 0 Å². The van der Waals surface area contributed by atoms with Gasteiger partial charge in [-0.05, 0) is 49.0 Å². The van der Waals surface area contributed by atoms with E-state index >= 15 is 0 Å². The van der Waals surface area contributed by atoms with Crippen LogP contribution in [0.4, 0.5) is 0 Å². The first-order chi connectivity index (χ1) is 11.4. The van der Waals surface area contributed by atoms with Gasteiger partial charge in [0.15, 0.2) is 11.5 Å². The molecule has 1 aliphatic carbocycles. The summed E-state index contributed by atoms with van der Waals surface area (Å²) in [7, 11) is 0. The average Bonchev–Trinajstić information content (AvgIpc) is 2.87. The van der Waals surface area contributed by atoms with Crippen molar-refractivity contribution in [1.29, 1.82) is 0 Å². The van der Waals surface area contributed by atoms with Crippen molar-refractivity contribution in [3.8, 4) is 11.5 Å². The second kappa shape index (κ2) is 6.34. The van der Waals surface area contributed by atoms with Crippen LogP contribution in [0, 0.1) is 17.3 Å². The van der Waals surface area contributed by atoms with Gasteiger partial charge in [-0.15, -0.1) is 0 Å². The van der Waals surface area contributed by atoms with Crippen LogP contribution < -0.4 is 9.47 Å². The molecule has 1 aromatic rings. The molecular formula is C20H24O4. The highest BCUT2D eigenvalue weighted by atomic mass is 16.7. The molecule has 1 aliphatic heterocycles. The lowest BCUT2D eigenvalue weighted by molar-refractivity contribution is -0.144. The predicted octanol–water partition coefficient (Wildman–Crippen LogP) is 4.21. The maximum Gasteiger partial charge on any atom is 0.310 e. The SMILES string of the molecule is CC(C)=CC1C(C(=O)OC/C=C/c2ccc3c(c2)OCO3)C1(C)C. The van der Waals surface area contributed by atoms with E-state index in [1.165, 1.54) is 5.57 Å². The first kappa shape index (κ1) is 16.6. The van der Waals surface area contributed by atoms with Crippen LogP contribution in [0.1, 0.15) is 33.3 Å². The van der Waals surface area contributed by atoms with Gasteiger partial charge in [0.05, 0.1) is 5.92 Å². The van der Waals surface area contributed by atoms with Crippen molar-refractivity contribution in [2.75, 3.05) is 13.4 Å². The number of carbonyl (C=O) groups excluding carboxylic acids is 1. The molecule has 1 aromatic carbocycles. The van der Waals surface area contributed by atoms with E-state index in [-0.39, 0.29) is 36.6 Å². The molecule has 0 amide bonds. The second-order valence-electron chi connectivity index (χ2n) is 7.21. The van der Waals surface area contributed by atoms with Crippen LogP contribution >= 0.6 is 0 Å². The van der Waals surface area contributed by atoms with E-state index in [0.29, 0.717) is 0 Å². The van der Waals surface area contributed by atoms with E-state index < -0.39 is 0 Å². The molecule has 2 atom stereocenters. The number of benzene rings is 1. The summed E-state index contributed by atoms with van der Waals surface area (Å²) in [6.45, 7) is 8.90. The number of rotatable bonds is 5. The quantitative estimate of drug-likeness (QED) is 0.600. The summed E-state index contributed by atoms with van der Waals surface area (Å²) in [5.74, 6) is 1.65. The van der Waals surface area contributed by atoms with Crippen molar-refractivity contribution >= 4 is 12.0 Å². The second-order valence-corrected chi connectivity index (χ2v) is 7.21. The highest BCUT2D eigenvalue weighted by molar-refractivity contribution is 5.78. The van der Waals surface area contributed by atoms with Crippen LogP contribution in [0.15, 0.2) is 35.9 Å². The molecule has 0 spiro atoms. The zero-order chi connectivity index (χ0) is 17.3. The Hall–Kier alpha value is -2.23. The zero-order valence-electron chi connectivity index (χ0n) is 14.7. The lowest BCUT2D eigenvalue weighted by Crippen LogP contribution is -2.10. The Bertz CT molecular complexity index is 696. The van der Waals surface area contributed by atoms with Gasteiger partial charge in [0.2, 0.25) is 6.79 Å². The lowest BCUT2D eigenvalue weighted by atomic mass is 10.1. The molecule has 1 saturated carbocycles. The van der Waals surface area contributed by atoms with Crippen LogP contribution in [0.5, 0.6) is 11.5 Å². The van der Waals surface area contributed by atoms with Crippen molar-refractivity contribution < 1.29 is 19.0 Å². The molecular weight excluding hydrogens is 304 g/mol. The summed E-state index contributed by atoms with van der Waals surface area (Å²) in [5, 5.41) is 0. The van der Waals surface area contributed by atoms with Gasteiger partial charge in [0.25, 0.3) is 0 Å². The molecule has 0 N–H and O–H groups in total. The monoisotopic (exact) mass is 328 g/mol. The van der Waals surface area contributed by atoms with Crippen molar-refractivity contribution in [2.45, 2.75) is 27.7 Å². The molecule has 0 bridgehead atoms. The normalized spacial score (nSPS) is 23.2. The minimum Gasteiger partial charge on any atom is -0.461 e. The number of carbonyl (C=O) groups is 1. The van der Waals surface area contributed by atoms with E-state index in [1.54, 1.807) is 0 Å². The number of fused-ring (bicyclic) bond motifs is 1. The first-order valence-electron chi connectivity index (χ1n) is 8.27. The molecule has 3 rings (SSSR count). The van der Waals surface area contributed by atoms with E-state index in [9.17, 15) is 4.79 Å². The minimum absolute atomic E-state index is 0.00457. The highest BCUT2D eigenvalue weighted by Crippen LogP contribution is 2.59. The highest BCUT2D eigenvalue weighted by Gasteiger charge is 2.61. The summed E-state index contributed by atoms with van der Waals surface area (Å²) in [6.07, 6.45) is 5.94. The first-order valence-corrected chi connectivity index (χ1v) is 8.27. The molecule has 2 aliphatic rings. The topological polar surface area (TPSA) is 44.8 Å². The van der Waals surface area contributed by atoms with Crippen LogP contribution in [0.25, 0.3) is 6.08 Å². The summed E-state index contributed by atoms with van der Waals surface area (Å²) >= 11 is 0. The molecule has 2 unspecified atom stereocenters. The Balaban J connectivity index is 1.51. The van der Waals surface area contributed by atoms with Crippen molar-refractivity contribution in [3.63, 3.8) is 0 Å². The molecule has 4 nitrogen and oxygen atoms in total. The Kier molecular flexibility index (Phi) is 4.39. The smallest absolute Gasteiger partial charge is 0.310 e. The Morgan fingerprint density at radius 3 is 2.79 bits per heavy atom. The molecule has 0 radical (unpaired) electrons. The van der Waals surface area contributed by atoms with Gasteiger partial charge in [-0.3, -0.25) is 4.79 Å². The van der Waals surface area contributed by atoms with Crippen molar-refractivity contribution in [1.82, 2.24) is 0 Å². The zero-order valence-corrected chi connectivity index (χ0v) is 14.7. The summed E-state index contributed by atoms with van der Waals surface area (Å²) in [6, 6.07) is 5.74. The third kappa shape index (κ3) is 3.32. The Morgan fingerprint density at radius 1 is 1.29 bits per heavy atom. The van der Waals surface area contributed by atoms with E-state index in [2.05, 4.69) is 33.8 Å². The van der Waals surface area contributed by atoms with Gasteiger partial charge in [-0.1, -0.05) is 37.6 Å². The average molecular weight is 328 g/mol. The standard InChI is InChI=1S/C20H24O4/c1-13(2)10-15-18(20(15,3)4)19(21)22-9-5-6-14-7-8-16-17(11-14)24-12-23-16/h5-8,10-11,15,18H,9,12H2,1-4H3/b6-5+. The summed E-state index contributed by atoms with van der Waals surface area (Å²) in [4.78, 5) is 12.3. The number of hydrogen-bond acceptors (Lipinski definition) is 4. The number of allylic oxidation sites excluding steroid dienone is 2. The fourth-order valence-electron chi connectivity index (χ4n) is 3.22. The molecule has 1 heterocycles. The van der Waals surface area contributed by atoms with Gasteiger partial charge >= 0.3 is 5.97 Å². The van der Waals surface area contributed by atoms with Crippen LogP contribution in [-0.2, 0) is 9.53 Å². The van der Waals surface area contributed by atoms with Crippen LogP contribution in [0.3, 0.4) is 0 Å². The van der Waals surface area contributed by atoms with Gasteiger partial charge in [0.1, 0.15) is 6.61 Å². The largest absolute Gasteiger partial charge is 0.461 e. The van der Waals surface area contributed by atoms with Gasteiger partial charge in [-0.25, -0.2) is 0 Å². The van der Waals surface area contributed by atoms with Crippen LogP contribution in [0.2, 0.25) is 0 Å². The van der Waals surface area contributed by atoms with Gasteiger partial charge < -0.3 is 14.2 Å². The summed E-state index contributed by atoms with van der Waals surface area (Å²) < 4.78 is 16.0. The maximum absolute atomic E-state index is 12.3. The minimum atomic E-state index is -0.113. The van der Waals surface area contributed by atoms with Crippen molar-refractivity contribution in [3.05, 3.63) is 41.5 Å². The fraction of sp³-hybridized carbons (Fsp3) is 0.450. The van der Waals surface area contributed by atoms with Gasteiger partial charge in [-0.2, -0.15) is 0 Å². The summed E-state index contributed by atoms with van der Waals surface area (Å²) in [5.41, 5.74) is 2.23.